The molecule has 0 unspecified atom stereocenters. The first-order chi connectivity index (χ1) is 18.0. The first-order valence-electron chi connectivity index (χ1n) is 12.9. The van der Waals surface area contributed by atoms with Crippen molar-refractivity contribution >= 4 is 40.0 Å². The van der Waals surface area contributed by atoms with E-state index in [1.807, 2.05) is 49.3 Å². The monoisotopic (exact) mass is 522 g/mol. The second-order valence-corrected chi connectivity index (χ2v) is 10.1. The molecule has 0 bridgehead atoms. The summed E-state index contributed by atoms with van der Waals surface area (Å²) < 4.78 is 10.7. The number of ether oxygens (including phenoxy) is 2. The first-order valence-corrected chi connectivity index (χ1v) is 13.3. The van der Waals surface area contributed by atoms with Crippen LogP contribution in [0.15, 0.2) is 42.5 Å². The zero-order valence-electron chi connectivity index (χ0n) is 22.2. The molecule has 0 aliphatic heterocycles. The average Bonchev–Trinajstić information content (AvgIpc) is 2.92. The van der Waals surface area contributed by atoms with Crippen LogP contribution in [-0.2, 0) is 6.42 Å². The minimum atomic E-state index is 0.388. The predicted octanol–water partition coefficient (Wildman–Crippen LogP) is 4.39. The molecule has 3 N–H and O–H groups in total. The van der Waals surface area contributed by atoms with Crippen molar-refractivity contribution in [1.82, 2.24) is 20.6 Å². The molecule has 1 aliphatic carbocycles. The van der Waals surface area contributed by atoms with E-state index < -0.39 is 0 Å². The maximum absolute atomic E-state index is 5.51. The van der Waals surface area contributed by atoms with Gasteiger partial charge in [0.15, 0.2) is 16.6 Å². The van der Waals surface area contributed by atoms with Crippen molar-refractivity contribution in [1.29, 1.82) is 0 Å². The van der Waals surface area contributed by atoms with Gasteiger partial charge in [-0.2, -0.15) is 4.98 Å². The number of hydrogen-bond donors (Lipinski definition) is 3. The number of nitrogens with zero attached hydrogens (tertiary/aromatic N) is 3. The fourth-order valence-electron chi connectivity index (χ4n) is 4.81. The summed E-state index contributed by atoms with van der Waals surface area (Å²) in [6, 6.07) is 14.5. The van der Waals surface area contributed by atoms with Crippen LogP contribution in [0.1, 0.15) is 31.2 Å². The summed E-state index contributed by atoms with van der Waals surface area (Å²) in [5, 5.41) is 12.1. The zero-order valence-corrected chi connectivity index (χ0v) is 23.0. The second kappa shape index (κ2) is 12.8. The van der Waals surface area contributed by atoms with E-state index in [0.29, 0.717) is 23.0 Å². The predicted molar refractivity (Wildman–Crippen MR) is 155 cm³/mol. The van der Waals surface area contributed by atoms with Crippen molar-refractivity contribution in [2.24, 2.45) is 5.92 Å². The van der Waals surface area contributed by atoms with Gasteiger partial charge in [-0.05, 0) is 80.1 Å². The van der Waals surface area contributed by atoms with Gasteiger partial charge in [-0.3, -0.25) is 0 Å². The number of hydrogen-bond acceptors (Lipinski definition) is 7. The molecule has 1 aliphatic rings. The second-order valence-electron chi connectivity index (χ2n) is 9.72. The Morgan fingerprint density at radius 2 is 1.73 bits per heavy atom. The number of para-hydroxylation sites is 1. The molecule has 0 spiro atoms. The van der Waals surface area contributed by atoms with Gasteiger partial charge in [-0.15, -0.1) is 0 Å². The van der Waals surface area contributed by atoms with E-state index in [1.165, 1.54) is 5.56 Å². The maximum atomic E-state index is 5.51. The number of nitrogens with one attached hydrogen (secondary N) is 3. The number of thiocarbonyl (C=S) groups is 1. The third-order valence-corrected chi connectivity index (χ3v) is 7.17. The van der Waals surface area contributed by atoms with Crippen LogP contribution in [0.25, 0.3) is 10.9 Å². The van der Waals surface area contributed by atoms with Crippen molar-refractivity contribution in [2.75, 3.05) is 51.6 Å². The van der Waals surface area contributed by atoms with Crippen molar-refractivity contribution in [3.05, 3.63) is 48.0 Å². The Morgan fingerprint density at radius 1 is 0.973 bits per heavy atom. The Labute approximate surface area is 225 Å². The molecule has 0 radical (unpaired) electrons. The Kier molecular flexibility index (Phi) is 9.22. The Balaban J connectivity index is 1.18. The normalized spacial score (nSPS) is 17.2. The van der Waals surface area contributed by atoms with Crippen LogP contribution in [-0.4, -0.2) is 62.5 Å². The van der Waals surface area contributed by atoms with Crippen LogP contribution in [0, 0.1) is 5.92 Å². The molecular weight excluding hydrogens is 484 g/mol. The van der Waals surface area contributed by atoms with Gasteiger partial charge in [-0.1, -0.05) is 18.2 Å². The summed E-state index contributed by atoms with van der Waals surface area (Å²) in [7, 11) is 7.34. The molecule has 8 nitrogen and oxygen atoms in total. The highest BCUT2D eigenvalue weighted by Crippen LogP contribution is 2.29. The number of methoxy groups -OCH3 is 2. The molecule has 9 heteroatoms. The lowest BCUT2D eigenvalue weighted by Gasteiger charge is -2.29. The SMILES string of the molecule is COc1ccc(CCNC(=S)NCC2CCC(Nc3nc(N(C)C)c4ccccc4n3)CC2)cc1OC. The van der Waals surface area contributed by atoms with Gasteiger partial charge in [0, 0.05) is 38.6 Å². The summed E-state index contributed by atoms with van der Waals surface area (Å²) in [5.41, 5.74) is 2.14. The Morgan fingerprint density at radius 3 is 2.46 bits per heavy atom. The summed E-state index contributed by atoms with van der Waals surface area (Å²) in [5.74, 6) is 3.75. The number of rotatable bonds is 10. The number of aromatic nitrogens is 2. The van der Waals surface area contributed by atoms with E-state index in [4.69, 9.17) is 31.7 Å². The van der Waals surface area contributed by atoms with Crippen LogP contribution in [0.3, 0.4) is 0 Å². The standard InChI is InChI=1S/C28H38N6O2S/c1-34(2)26-22-7-5-6-8-23(22)32-27(33-26)31-21-12-9-20(10-13-21)18-30-28(37)29-16-15-19-11-14-24(35-3)25(17-19)36-4/h5-8,11,14,17,20-21H,9-10,12-13,15-16,18H2,1-4H3,(H2,29,30,37)(H,31,32,33). The smallest absolute Gasteiger partial charge is 0.225 e. The fraction of sp³-hybridized carbons (Fsp3) is 0.464. The Bertz CT molecular complexity index is 1200. The number of anilines is 2. The van der Waals surface area contributed by atoms with Crippen LogP contribution < -0.4 is 30.3 Å². The molecule has 198 valence electrons. The van der Waals surface area contributed by atoms with E-state index in [9.17, 15) is 0 Å². The summed E-state index contributed by atoms with van der Waals surface area (Å²) in [6.07, 6.45) is 5.34. The summed E-state index contributed by atoms with van der Waals surface area (Å²) in [4.78, 5) is 11.6. The lowest BCUT2D eigenvalue weighted by molar-refractivity contribution is 0.336. The van der Waals surface area contributed by atoms with Gasteiger partial charge in [0.2, 0.25) is 5.95 Å². The van der Waals surface area contributed by atoms with Gasteiger partial charge in [0.25, 0.3) is 0 Å². The van der Waals surface area contributed by atoms with Gasteiger partial charge in [0.1, 0.15) is 5.82 Å². The van der Waals surface area contributed by atoms with Gasteiger partial charge in [0.05, 0.1) is 19.7 Å². The third-order valence-electron chi connectivity index (χ3n) is 6.89. The van der Waals surface area contributed by atoms with Gasteiger partial charge >= 0.3 is 0 Å². The number of fused-ring (bicyclic) bond motifs is 1. The highest BCUT2D eigenvalue weighted by molar-refractivity contribution is 7.80. The molecule has 4 rings (SSSR count). The van der Waals surface area contributed by atoms with E-state index in [-0.39, 0.29) is 0 Å². The molecule has 1 heterocycles. The molecule has 0 atom stereocenters. The highest BCUT2D eigenvalue weighted by atomic mass is 32.1. The quantitative estimate of drug-likeness (QED) is 0.336. The van der Waals surface area contributed by atoms with E-state index in [2.05, 4.69) is 28.1 Å². The molecule has 37 heavy (non-hydrogen) atoms. The van der Waals surface area contributed by atoms with Gasteiger partial charge < -0.3 is 30.3 Å². The topological polar surface area (TPSA) is 83.6 Å². The lowest BCUT2D eigenvalue weighted by Crippen LogP contribution is -2.40. The van der Waals surface area contributed by atoms with Crippen molar-refractivity contribution in [2.45, 2.75) is 38.1 Å². The molecule has 0 saturated heterocycles. The maximum Gasteiger partial charge on any atom is 0.225 e. The van der Waals surface area contributed by atoms with Crippen molar-refractivity contribution in [3.8, 4) is 11.5 Å². The van der Waals surface area contributed by atoms with Crippen molar-refractivity contribution < 1.29 is 9.47 Å². The number of benzene rings is 2. The minimum absolute atomic E-state index is 0.388. The Hall–Kier alpha value is -3.33. The highest BCUT2D eigenvalue weighted by Gasteiger charge is 2.22. The van der Waals surface area contributed by atoms with Gasteiger partial charge in [-0.25, -0.2) is 4.98 Å². The largest absolute Gasteiger partial charge is 0.493 e. The first kappa shape index (κ1) is 26.7. The molecular formula is C28H38N6O2S. The fourth-order valence-corrected chi connectivity index (χ4v) is 5.00. The molecule has 0 amide bonds. The molecule has 1 aromatic heterocycles. The van der Waals surface area contributed by atoms with E-state index in [1.54, 1.807) is 14.2 Å². The molecule has 1 fully saturated rings. The average molecular weight is 523 g/mol. The van der Waals surface area contributed by atoms with Crippen LogP contribution in [0.4, 0.5) is 11.8 Å². The van der Waals surface area contributed by atoms with Crippen molar-refractivity contribution in [3.63, 3.8) is 0 Å². The van der Waals surface area contributed by atoms with E-state index >= 15 is 0 Å². The summed E-state index contributed by atoms with van der Waals surface area (Å²) >= 11 is 5.51. The van der Waals surface area contributed by atoms with Crippen LogP contribution in [0.5, 0.6) is 11.5 Å². The van der Waals surface area contributed by atoms with Crippen LogP contribution in [0.2, 0.25) is 0 Å². The summed E-state index contributed by atoms with van der Waals surface area (Å²) in [6.45, 7) is 1.66. The molecule has 2 aromatic carbocycles. The third kappa shape index (κ3) is 7.13. The van der Waals surface area contributed by atoms with E-state index in [0.717, 1.165) is 73.4 Å². The molecule has 3 aromatic rings. The minimum Gasteiger partial charge on any atom is -0.493 e. The lowest BCUT2D eigenvalue weighted by atomic mass is 9.86. The molecule has 1 saturated carbocycles. The van der Waals surface area contributed by atoms with Crippen LogP contribution >= 0.6 is 12.2 Å². The zero-order chi connectivity index (χ0) is 26.2.